The highest BCUT2D eigenvalue weighted by Crippen LogP contribution is 2.22. The topological polar surface area (TPSA) is 12.0 Å². The van der Waals surface area contributed by atoms with Gasteiger partial charge in [-0.2, -0.15) is 0 Å². The van der Waals surface area contributed by atoms with E-state index in [2.05, 4.69) is 36.5 Å². The molecule has 0 fully saturated rings. The number of benzene rings is 2. The molecule has 0 aliphatic carbocycles. The monoisotopic (exact) mass is 289 g/mol. The molecule has 0 saturated carbocycles. The van der Waals surface area contributed by atoms with E-state index in [1.807, 2.05) is 6.92 Å². The maximum atomic E-state index is 14.0. The second-order valence-corrected chi connectivity index (χ2v) is 5.15. The molecule has 0 heterocycles. The van der Waals surface area contributed by atoms with Crippen molar-refractivity contribution >= 4 is 0 Å². The number of hydrogen-bond donors (Lipinski definition) is 1. The zero-order valence-electron chi connectivity index (χ0n) is 12.5. The van der Waals surface area contributed by atoms with Crippen LogP contribution >= 0.6 is 0 Å². The Hall–Kier alpha value is -1.74. The summed E-state index contributed by atoms with van der Waals surface area (Å²) in [6.45, 7) is 4.77. The Labute approximate surface area is 125 Å². The Morgan fingerprint density at radius 1 is 0.952 bits per heavy atom. The van der Waals surface area contributed by atoms with E-state index < -0.39 is 5.82 Å². The van der Waals surface area contributed by atoms with E-state index in [-0.39, 0.29) is 11.9 Å². The number of halogens is 2. The van der Waals surface area contributed by atoms with Crippen LogP contribution in [0.3, 0.4) is 0 Å². The van der Waals surface area contributed by atoms with Crippen LogP contribution in [0.2, 0.25) is 0 Å². The van der Waals surface area contributed by atoms with Crippen molar-refractivity contribution in [1.29, 1.82) is 0 Å². The van der Waals surface area contributed by atoms with E-state index in [0.29, 0.717) is 18.5 Å². The van der Waals surface area contributed by atoms with Gasteiger partial charge in [0.2, 0.25) is 0 Å². The lowest BCUT2D eigenvalue weighted by molar-refractivity contribution is 0.502. The molecule has 1 atom stereocenters. The zero-order valence-corrected chi connectivity index (χ0v) is 12.5. The van der Waals surface area contributed by atoms with Crippen molar-refractivity contribution in [3.05, 3.63) is 70.8 Å². The first-order valence-electron chi connectivity index (χ1n) is 7.40. The average molecular weight is 289 g/mol. The lowest BCUT2D eigenvalue weighted by Crippen LogP contribution is -2.24. The molecule has 112 valence electrons. The van der Waals surface area contributed by atoms with Gasteiger partial charge in [-0.25, -0.2) is 8.78 Å². The fourth-order valence-corrected chi connectivity index (χ4v) is 2.47. The van der Waals surface area contributed by atoms with E-state index in [9.17, 15) is 8.78 Å². The first kappa shape index (κ1) is 15.6. The van der Waals surface area contributed by atoms with Gasteiger partial charge in [0.15, 0.2) is 0 Å². The first-order chi connectivity index (χ1) is 10.1. The predicted molar refractivity (Wildman–Crippen MR) is 82.3 cm³/mol. The molecular weight excluding hydrogens is 268 g/mol. The summed E-state index contributed by atoms with van der Waals surface area (Å²) in [6, 6.07) is 11.7. The van der Waals surface area contributed by atoms with Gasteiger partial charge in [0.25, 0.3) is 0 Å². The van der Waals surface area contributed by atoms with Gasteiger partial charge in [0.05, 0.1) is 0 Å². The average Bonchev–Trinajstić information content (AvgIpc) is 2.50. The summed E-state index contributed by atoms with van der Waals surface area (Å²) in [7, 11) is 0. The van der Waals surface area contributed by atoms with E-state index in [0.717, 1.165) is 18.1 Å². The molecule has 3 heteroatoms. The van der Waals surface area contributed by atoms with Crippen LogP contribution in [-0.2, 0) is 12.8 Å². The van der Waals surface area contributed by atoms with Crippen LogP contribution in [-0.4, -0.2) is 6.54 Å². The Morgan fingerprint density at radius 3 is 2.24 bits per heavy atom. The maximum absolute atomic E-state index is 14.0. The predicted octanol–water partition coefficient (Wildman–Crippen LogP) is 4.42. The third-order valence-electron chi connectivity index (χ3n) is 3.66. The van der Waals surface area contributed by atoms with E-state index in [1.54, 1.807) is 0 Å². The Kier molecular flexibility index (Phi) is 5.45. The molecule has 1 nitrogen and oxygen atoms in total. The van der Waals surface area contributed by atoms with Crippen molar-refractivity contribution in [3.63, 3.8) is 0 Å². The quantitative estimate of drug-likeness (QED) is 0.830. The minimum absolute atomic E-state index is 0.224. The van der Waals surface area contributed by atoms with Crippen LogP contribution in [0, 0.1) is 11.6 Å². The van der Waals surface area contributed by atoms with E-state index >= 15 is 0 Å². The number of rotatable bonds is 6. The lowest BCUT2D eigenvalue weighted by atomic mass is 9.97. The van der Waals surface area contributed by atoms with Crippen LogP contribution in [0.25, 0.3) is 0 Å². The van der Waals surface area contributed by atoms with Gasteiger partial charge < -0.3 is 5.32 Å². The molecule has 2 aromatic carbocycles. The highest BCUT2D eigenvalue weighted by Gasteiger charge is 2.16. The van der Waals surface area contributed by atoms with Crippen LogP contribution in [0.1, 0.15) is 36.6 Å². The van der Waals surface area contributed by atoms with Crippen LogP contribution in [0.4, 0.5) is 8.78 Å². The second-order valence-electron chi connectivity index (χ2n) is 5.15. The number of likely N-dealkylation sites (N-methyl/N-ethyl adjacent to an activating group) is 1. The van der Waals surface area contributed by atoms with Crippen molar-refractivity contribution in [3.8, 4) is 0 Å². The number of hydrogen-bond acceptors (Lipinski definition) is 1. The third kappa shape index (κ3) is 4.11. The van der Waals surface area contributed by atoms with Crippen molar-refractivity contribution in [2.45, 2.75) is 32.7 Å². The summed E-state index contributed by atoms with van der Waals surface area (Å²) in [5, 5.41) is 3.24. The minimum Gasteiger partial charge on any atom is -0.310 e. The van der Waals surface area contributed by atoms with Crippen molar-refractivity contribution in [1.82, 2.24) is 5.32 Å². The summed E-state index contributed by atoms with van der Waals surface area (Å²) in [5.41, 5.74) is 2.77. The zero-order chi connectivity index (χ0) is 15.2. The minimum atomic E-state index is -0.407. The number of nitrogens with one attached hydrogen (secondary N) is 1. The number of aryl methyl sites for hydroxylation is 1. The molecule has 2 rings (SSSR count). The van der Waals surface area contributed by atoms with Crippen molar-refractivity contribution in [2.24, 2.45) is 0 Å². The summed E-state index contributed by atoms with van der Waals surface area (Å²) in [6.07, 6.45) is 1.63. The molecule has 0 aliphatic rings. The van der Waals surface area contributed by atoms with Crippen molar-refractivity contribution in [2.75, 3.05) is 6.54 Å². The van der Waals surface area contributed by atoms with Crippen LogP contribution in [0.15, 0.2) is 42.5 Å². The van der Waals surface area contributed by atoms with Gasteiger partial charge >= 0.3 is 0 Å². The molecule has 0 bridgehead atoms. The molecule has 0 aromatic heterocycles. The standard InChI is InChI=1S/C18H21F2N/c1-3-13-5-7-14(8-6-13)11-18(21-4-2)16-12-15(19)9-10-17(16)20/h5-10,12,18,21H,3-4,11H2,1-2H3. The third-order valence-corrected chi connectivity index (χ3v) is 3.66. The second kappa shape index (κ2) is 7.32. The van der Waals surface area contributed by atoms with Crippen LogP contribution < -0.4 is 5.32 Å². The molecule has 2 aromatic rings. The maximum Gasteiger partial charge on any atom is 0.128 e. The van der Waals surface area contributed by atoms with E-state index in [1.165, 1.54) is 17.7 Å². The molecule has 1 N–H and O–H groups in total. The fraction of sp³-hybridized carbons (Fsp3) is 0.333. The van der Waals surface area contributed by atoms with Crippen molar-refractivity contribution < 1.29 is 8.78 Å². The largest absolute Gasteiger partial charge is 0.310 e. The smallest absolute Gasteiger partial charge is 0.128 e. The van der Waals surface area contributed by atoms with Gasteiger partial charge in [0, 0.05) is 11.6 Å². The Balaban J connectivity index is 2.23. The SMILES string of the molecule is CCNC(Cc1ccc(CC)cc1)c1cc(F)ccc1F. The lowest BCUT2D eigenvalue weighted by Gasteiger charge is -2.19. The van der Waals surface area contributed by atoms with Crippen LogP contribution in [0.5, 0.6) is 0 Å². The highest BCUT2D eigenvalue weighted by molar-refractivity contribution is 5.28. The van der Waals surface area contributed by atoms with Gasteiger partial charge in [0.1, 0.15) is 11.6 Å². The van der Waals surface area contributed by atoms with E-state index in [4.69, 9.17) is 0 Å². The summed E-state index contributed by atoms with van der Waals surface area (Å²) in [5.74, 6) is -0.775. The molecule has 0 radical (unpaired) electrons. The Morgan fingerprint density at radius 2 is 1.62 bits per heavy atom. The molecular formula is C18H21F2N. The normalized spacial score (nSPS) is 12.4. The molecule has 0 spiro atoms. The van der Waals surface area contributed by atoms with Gasteiger partial charge in [-0.05, 0) is 48.7 Å². The van der Waals surface area contributed by atoms with Gasteiger partial charge in [-0.3, -0.25) is 0 Å². The fourth-order valence-electron chi connectivity index (χ4n) is 2.47. The van der Waals surface area contributed by atoms with Gasteiger partial charge in [-0.1, -0.05) is 38.1 Å². The molecule has 21 heavy (non-hydrogen) atoms. The molecule has 0 aliphatic heterocycles. The molecule has 0 saturated heterocycles. The Bertz CT molecular complexity index is 578. The molecule has 1 unspecified atom stereocenters. The summed E-state index contributed by atoms with van der Waals surface area (Å²) < 4.78 is 27.3. The van der Waals surface area contributed by atoms with Gasteiger partial charge in [-0.15, -0.1) is 0 Å². The first-order valence-corrected chi connectivity index (χ1v) is 7.40. The summed E-state index contributed by atoms with van der Waals surface area (Å²) >= 11 is 0. The summed E-state index contributed by atoms with van der Waals surface area (Å²) in [4.78, 5) is 0. The highest BCUT2D eigenvalue weighted by atomic mass is 19.1. The molecule has 0 amide bonds.